The van der Waals surface area contributed by atoms with Crippen molar-refractivity contribution < 1.29 is 24.5 Å². The summed E-state index contributed by atoms with van der Waals surface area (Å²) in [5, 5.41) is 22.9. The molecule has 2 N–H and O–H groups in total. The number of aromatic hydroxyl groups is 1. The Morgan fingerprint density at radius 1 is 1.15 bits per heavy atom. The number of rotatable bonds is 4. The molecule has 1 aliphatic rings. The molecular formula is C27H18BrClN4O5S. The molecule has 9 nitrogen and oxygen atoms in total. The molecule has 0 bridgehead atoms. The topological polar surface area (TPSA) is 117 Å². The Hall–Kier alpha value is -3.93. The fourth-order valence-electron chi connectivity index (χ4n) is 4.77. The maximum Gasteiger partial charge on any atom is 0.301 e. The van der Waals surface area contributed by atoms with E-state index in [1.807, 2.05) is 6.07 Å². The molecule has 3 aromatic heterocycles. The molecule has 1 atom stereocenters. The van der Waals surface area contributed by atoms with E-state index in [0.717, 1.165) is 4.70 Å². The van der Waals surface area contributed by atoms with Gasteiger partial charge in [-0.3, -0.25) is 18.9 Å². The zero-order chi connectivity index (χ0) is 27.6. The first kappa shape index (κ1) is 25.4. The molecular weight excluding hydrogens is 608 g/mol. The molecule has 5 aromatic rings. The summed E-state index contributed by atoms with van der Waals surface area (Å²) in [5.74, 6) is -2.16. The number of pyridine rings is 1. The number of thiazole rings is 1. The number of amides is 1. The average Bonchev–Trinajstić information content (AvgIpc) is 3.55. The van der Waals surface area contributed by atoms with Crippen molar-refractivity contribution in [1.29, 1.82) is 0 Å². The van der Waals surface area contributed by atoms with Gasteiger partial charge in [0.05, 0.1) is 39.1 Å². The highest BCUT2D eigenvalue weighted by molar-refractivity contribution is 9.10. The van der Waals surface area contributed by atoms with Gasteiger partial charge >= 0.3 is 5.91 Å². The van der Waals surface area contributed by atoms with Crippen LogP contribution in [0.25, 0.3) is 21.6 Å². The number of halogens is 2. The minimum absolute atomic E-state index is 0.118. The van der Waals surface area contributed by atoms with Crippen LogP contribution < -0.4 is 9.64 Å². The van der Waals surface area contributed by atoms with E-state index in [4.69, 9.17) is 16.3 Å². The molecule has 0 radical (unpaired) electrons. The fourth-order valence-corrected chi connectivity index (χ4v) is 6.50. The number of phenolic OH excluding ortho intramolecular Hbond substituents is 1. The summed E-state index contributed by atoms with van der Waals surface area (Å²) < 4.78 is 8.00. The summed E-state index contributed by atoms with van der Waals surface area (Å²) in [6.07, 6.45) is 1.72. The van der Waals surface area contributed by atoms with Crippen LogP contribution in [0.2, 0.25) is 5.02 Å². The van der Waals surface area contributed by atoms with Crippen LogP contribution in [0.5, 0.6) is 11.5 Å². The number of imidazole rings is 1. The van der Waals surface area contributed by atoms with Crippen molar-refractivity contribution in [2.75, 3.05) is 12.0 Å². The number of methoxy groups -OCH3 is 1. The zero-order valence-electron chi connectivity index (χ0n) is 20.3. The number of aliphatic hydroxyl groups is 1. The Bertz CT molecular complexity index is 1880. The third-order valence-corrected chi connectivity index (χ3v) is 8.36. The van der Waals surface area contributed by atoms with E-state index in [9.17, 15) is 19.8 Å². The van der Waals surface area contributed by atoms with Gasteiger partial charge < -0.3 is 14.9 Å². The second-order valence-corrected chi connectivity index (χ2v) is 11.1. The number of hydrogen-bond donors (Lipinski definition) is 2. The number of anilines is 1. The van der Waals surface area contributed by atoms with Gasteiger partial charge in [-0.05, 0) is 70.9 Å². The van der Waals surface area contributed by atoms with Gasteiger partial charge in [-0.2, -0.15) is 0 Å². The third-order valence-electron chi connectivity index (χ3n) is 6.50. The number of carbonyl (C=O) groups is 2. The number of carbonyl (C=O) groups excluding carboxylic acids is 2. The SMILES string of the molecule is COc1cc(C2C(=C(O)c3c(C)nc4ccccn34)C(=O)C(=O)N2c2nc3ccc(Cl)cc3s2)cc(Br)c1O. The van der Waals surface area contributed by atoms with Crippen molar-refractivity contribution in [3.8, 4) is 11.5 Å². The highest BCUT2D eigenvalue weighted by Gasteiger charge is 2.49. The summed E-state index contributed by atoms with van der Waals surface area (Å²) >= 11 is 10.7. The third kappa shape index (κ3) is 3.96. The highest BCUT2D eigenvalue weighted by Crippen LogP contribution is 2.47. The Labute approximate surface area is 238 Å². The maximum absolute atomic E-state index is 13.7. The standard InChI is InChI=1S/C27H18BrClN4O5S/c1-12-21(32-8-4-3-5-19(32)30-12)24(35)20-22(13-9-15(28)23(34)17(10-13)38-2)33(26(37)25(20)36)27-31-16-7-6-14(29)11-18(16)39-27/h3-11,22,34-35H,1-2H3. The van der Waals surface area contributed by atoms with Gasteiger partial charge in [0.15, 0.2) is 22.4 Å². The highest BCUT2D eigenvalue weighted by atomic mass is 79.9. The molecule has 39 heavy (non-hydrogen) atoms. The minimum Gasteiger partial charge on any atom is -0.505 e. The maximum atomic E-state index is 13.7. The lowest BCUT2D eigenvalue weighted by Gasteiger charge is -2.24. The molecule has 1 amide bonds. The second kappa shape index (κ2) is 9.37. The number of nitrogens with zero attached hydrogens (tertiary/aromatic N) is 4. The first-order chi connectivity index (χ1) is 18.7. The molecule has 4 heterocycles. The van der Waals surface area contributed by atoms with E-state index in [2.05, 4.69) is 25.9 Å². The smallest absolute Gasteiger partial charge is 0.301 e. The summed E-state index contributed by atoms with van der Waals surface area (Å²) in [7, 11) is 1.39. The van der Waals surface area contributed by atoms with Crippen molar-refractivity contribution in [1.82, 2.24) is 14.4 Å². The summed E-state index contributed by atoms with van der Waals surface area (Å²) in [6.45, 7) is 1.71. The predicted octanol–water partition coefficient (Wildman–Crippen LogP) is 6.01. The van der Waals surface area contributed by atoms with E-state index in [1.165, 1.54) is 29.4 Å². The average molecular weight is 626 g/mol. The molecule has 1 aliphatic heterocycles. The van der Waals surface area contributed by atoms with Gasteiger partial charge in [0, 0.05) is 11.2 Å². The number of ketones is 1. The van der Waals surface area contributed by atoms with E-state index >= 15 is 0 Å². The number of aryl methyl sites for hydroxylation is 1. The van der Waals surface area contributed by atoms with Crippen LogP contribution in [-0.4, -0.2) is 43.4 Å². The predicted molar refractivity (Wildman–Crippen MR) is 152 cm³/mol. The molecule has 12 heteroatoms. The Balaban J connectivity index is 1.65. The first-order valence-corrected chi connectivity index (χ1v) is 13.6. The van der Waals surface area contributed by atoms with Crippen molar-refractivity contribution in [3.05, 3.63) is 86.7 Å². The van der Waals surface area contributed by atoms with Crippen molar-refractivity contribution in [2.45, 2.75) is 13.0 Å². The Morgan fingerprint density at radius 3 is 2.72 bits per heavy atom. The van der Waals surface area contributed by atoms with Gasteiger partial charge in [-0.15, -0.1) is 0 Å². The lowest BCUT2D eigenvalue weighted by molar-refractivity contribution is -0.132. The van der Waals surface area contributed by atoms with Crippen LogP contribution in [0.3, 0.4) is 0 Å². The van der Waals surface area contributed by atoms with Crippen LogP contribution in [-0.2, 0) is 9.59 Å². The molecule has 1 fully saturated rings. The van der Waals surface area contributed by atoms with E-state index in [0.29, 0.717) is 27.4 Å². The van der Waals surface area contributed by atoms with E-state index in [1.54, 1.807) is 53.9 Å². The molecule has 0 aliphatic carbocycles. The van der Waals surface area contributed by atoms with Crippen LogP contribution in [0.4, 0.5) is 5.13 Å². The van der Waals surface area contributed by atoms with Crippen LogP contribution in [0.1, 0.15) is 23.0 Å². The lowest BCUT2D eigenvalue weighted by atomic mass is 9.96. The number of aliphatic hydroxyl groups excluding tert-OH is 1. The summed E-state index contributed by atoms with van der Waals surface area (Å²) in [4.78, 5) is 37.6. The molecule has 0 saturated carbocycles. The number of hydrogen-bond acceptors (Lipinski definition) is 8. The van der Waals surface area contributed by atoms with Gasteiger partial charge in [-0.1, -0.05) is 29.0 Å². The number of Topliss-reactive ketones (excluding diaryl/α,β-unsaturated/α-hetero) is 1. The van der Waals surface area contributed by atoms with Crippen molar-refractivity contribution in [2.24, 2.45) is 0 Å². The molecule has 196 valence electrons. The van der Waals surface area contributed by atoms with Gasteiger partial charge in [0.2, 0.25) is 0 Å². The van der Waals surface area contributed by atoms with Crippen molar-refractivity contribution in [3.63, 3.8) is 0 Å². The van der Waals surface area contributed by atoms with Gasteiger partial charge in [-0.25, -0.2) is 9.97 Å². The summed E-state index contributed by atoms with van der Waals surface area (Å²) in [5.41, 5.74) is 2.19. The second-order valence-electron chi connectivity index (χ2n) is 8.81. The molecule has 6 rings (SSSR count). The Morgan fingerprint density at radius 2 is 1.95 bits per heavy atom. The molecule has 1 saturated heterocycles. The Kier molecular flexibility index (Phi) is 6.09. The minimum atomic E-state index is -1.10. The largest absolute Gasteiger partial charge is 0.505 e. The van der Waals surface area contributed by atoms with Crippen LogP contribution >= 0.6 is 38.9 Å². The first-order valence-electron chi connectivity index (χ1n) is 11.6. The van der Waals surface area contributed by atoms with E-state index < -0.39 is 17.7 Å². The van der Waals surface area contributed by atoms with Crippen molar-refractivity contribution >= 4 is 77.3 Å². The molecule has 0 spiro atoms. The molecule has 2 aromatic carbocycles. The quantitative estimate of drug-likeness (QED) is 0.143. The summed E-state index contributed by atoms with van der Waals surface area (Å²) in [6, 6.07) is 12.5. The lowest BCUT2D eigenvalue weighted by Crippen LogP contribution is -2.29. The molecule has 1 unspecified atom stereocenters. The monoisotopic (exact) mass is 624 g/mol. The number of ether oxygens (including phenoxy) is 1. The number of aromatic nitrogens is 3. The van der Waals surface area contributed by atoms with Gasteiger partial charge in [0.25, 0.3) is 5.78 Å². The van der Waals surface area contributed by atoms with Crippen LogP contribution in [0.15, 0.2) is 64.8 Å². The fraction of sp³-hybridized carbons (Fsp3) is 0.111. The normalized spacial score (nSPS) is 17.0. The number of phenols is 1. The number of benzene rings is 2. The van der Waals surface area contributed by atoms with Crippen LogP contribution in [0, 0.1) is 6.92 Å². The number of fused-ring (bicyclic) bond motifs is 2. The zero-order valence-corrected chi connectivity index (χ0v) is 23.5. The van der Waals surface area contributed by atoms with E-state index in [-0.39, 0.29) is 38.1 Å². The van der Waals surface area contributed by atoms with Gasteiger partial charge in [0.1, 0.15) is 11.3 Å².